The maximum Gasteiger partial charge on any atom is 0.491 e. The zero-order valence-electron chi connectivity index (χ0n) is 6.25. The highest BCUT2D eigenvalue weighted by atomic mass is 35.5. The first-order valence-electron chi connectivity index (χ1n) is 3.56. The Morgan fingerprint density at radius 1 is 1.58 bits per heavy atom. The van der Waals surface area contributed by atoms with E-state index in [-0.39, 0.29) is 0 Å². The lowest BCUT2D eigenvalue weighted by atomic mass is 9.79. The van der Waals surface area contributed by atoms with E-state index in [1.807, 2.05) is 0 Å². The smallest absolute Gasteiger partial charge is 0.423 e. The Morgan fingerprint density at radius 2 is 2.33 bits per heavy atom. The highest BCUT2D eigenvalue weighted by Gasteiger charge is 2.29. The van der Waals surface area contributed by atoms with Crippen LogP contribution >= 0.6 is 11.6 Å². The number of anilines is 1. The van der Waals surface area contributed by atoms with Crippen molar-refractivity contribution in [3.05, 3.63) is 22.7 Å². The van der Waals surface area contributed by atoms with Crippen LogP contribution in [0, 0.1) is 0 Å². The summed E-state index contributed by atoms with van der Waals surface area (Å²) < 4.78 is 4.98. The van der Waals surface area contributed by atoms with Crippen molar-refractivity contribution in [3.8, 4) is 0 Å². The lowest BCUT2D eigenvalue weighted by Gasteiger charge is -2.03. The van der Waals surface area contributed by atoms with Crippen LogP contribution in [0.5, 0.6) is 0 Å². The van der Waals surface area contributed by atoms with Gasteiger partial charge < -0.3 is 15.4 Å². The van der Waals surface area contributed by atoms with Gasteiger partial charge in [0.1, 0.15) is 0 Å². The van der Waals surface area contributed by atoms with Gasteiger partial charge in [-0.2, -0.15) is 0 Å². The molecule has 1 aromatic rings. The fourth-order valence-corrected chi connectivity index (χ4v) is 1.47. The SMILES string of the molecule is Nc1c(Cl)ccc2c1COB2O. The Balaban J connectivity index is 2.60. The van der Waals surface area contributed by atoms with Crippen LogP contribution in [0.4, 0.5) is 5.69 Å². The number of benzene rings is 1. The summed E-state index contributed by atoms with van der Waals surface area (Å²) in [5.41, 5.74) is 7.70. The second-order valence-corrected chi connectivity index (χ2v) is 3.10. The lowest BCUT2D eigenvalue weighted by molar-refractivity contribution is 0.276. The summed E-state index contributed by atoms with van der Waals surface area (Å²) in [4.78, 5) is 0. The molecule has 1 aliphatic rings. The quantitative estimate of drug-likeness (QED) is 0.444. The Bertz CT molecular complexity index is 331. The summed E-state index contributed by atoms with van der Waals surface area (Å²) in [5.74, 6) is 0. The molecule has 0 saturated carbocycles. The van der Waals surface area contributed by atoms with E-state index < -0.39 is 7.12 Å². The molecule has 0 radical (unpaired) electrons. The molecule has 0 amide bonds. The van der Waals surface area contributed by atoms with Gasteiger partial charge >= 0.3 is 7.12 Å². The van der Waals surface area contributed by atoms with E-state index >= 15 is 0 Å². The van der Waals surface area contributed by atoms with Gasteiger partial charge in [-0.3, -0.25) is 0 Å². The Kier molecular flexibility index (Phi) is 1.75. The maximum absolute atomic E-state index is 9.28. The average molecular weight is 183 g/mol. The van der Waals surface area contributed by atoms with Crippen LogP contribution in [0.25, 0.3) is 0 Å². The first-order chi connectivity index (χ1) is 5.70. The van der Waals surface area contributed by atoms with E-state index in [1.165, 1.54) is 0 Å². The molecular weight excluding hydrogens is 176 g/mol. The minimum Gasteiger partial charge on any atom is -0.423 e. The van der Waals surface area contributed by atoms with Crippen LogP contribution in [0.1, 0.15) is 5.56 Å². The third kappa shape index (κ3) is 1.000. The van der Waals surface area contributed by atoms with Gasteiger partial charge in [0, 0.05) is 5.56 Å². The largest absolute Gasteiger partial charge is 0.491 e. The monoisotopic (exact) mass is 183 g/mol. The van der Waals surface area contributed by atoms with E-state index in [1.54, 1.807) is 12.1 Å². The summed E-state index contributed by atoms with van der Waals surface area (Å²) >= 11 is 5.78. The fraction of sp³-hybridized carbons (Fsp3) is 0.143. The molecule has 12 heavy (non-hydrogen) atoms. The molecule has 0 saturated heterocycles. The van der Waals surface area contributed by atoms with Gasteiger partial charge in [0.05, 0.1) is 17.3 Å². The average Bonchev–Trinajstić information content (AvgIpc) is 2.41. The van der Waals surface area contributed by atoms with Gasteiger partial charge in [0.25, 0.3) is 0 Å². The molecule has 5 heteroatoms. The number of hydrogen-bond donors (Lipinski definition) is 2. The van der Waals surface area contributed by atoms with Crippen molar-refractivity contribution < 1.29 is 9.68 Å². The molecular formula is C7H7BClNO2. The number of rotatable bonds is 0. The molecule has 0 aliphatic carbocycles. The minimum atomic E-state index is -0.848. The molecule has 3 N–H and O–H groups in total. The van der Waals surface area contributed by atoms with Crippen molar-refractivity contribution in [1.82, 2.24) is 0 Å². The number of fused-ring (bicyclic) bond motifs is 1. The molecule has 2 rings (SSSR count). The summed E-state index contributed by atoms with van der Waals surface area (Å²) in [6.07, 6.45) is 0. The van der Waals surface area contributed by atoms with E-state index in [0.29, 0.717) is 17.3 Å². The molecule has 1 heterocycles. The molecule has 0 atom stereocenters. The summed E-state index contributed by atoms with van der Waals surface area (Å²) in [5, 5.41) is 9.78. The molecule has 1 aliphatic heterocycles. The zero-order valence-corrected chi connectivity index (χ0v) is 7.01. The number of hydrogen-bond acceptors (Lipinski definition) is 3. The maximum atomic E-state index is 9.28. The minimum absolute atomic E-state index is 0.336. The highest BCUT2D eigenvalue weighted by molar-refractivity contribution is 6.62. The summed E-state index contributed by atoms with van der Waals surface area (Å²) in [6, 6.07) is 3.39. The molecule has 3 nitrogen and oxygen atoms in total. The topological polar surface area (TPSA) is 55.5 Å². The number of halogens is 1. The van der Waals surface area contributed by atoms with Crippen molar-refractivity contribution in [3.63, 3.8) is 0 Å². The molecule has 62 valence electrons. The second-order valence-electron chi connectivity index (χ2n) is 2.69. The fourth-order valence-electron chi connectivity index (χ4n) is 1.30. The number of nitrogens with two attached hydrogens (primary N) is 1. The Morgan fingerprint density at radius 3 is 3.08 bits per heavy atom. The molecule has 0 bridgehead atoms. The van der Waals surface area contributed by atoms with Gasteiger partial charge in [-0.15, -0.1) is 0 Å². The first-order valence-corrected chi connectivity index (χ1v) is 3.94. The van der Waals surface area contributed by atoms with Crippen molar-refractivity contribution >= 4 is 29.9 Å². The highest BCUT2D eigenvalue weighted by Crippen LogP contribution is 2.24. The lowest BCUT2D eigenvalue weighted by Crippen LogP contribution is -2.28. The van der Waals surface area contributed by atoms with Gasteiger partial charge in [0.2, 0.25) is 0 Å². The second kappa shape index (κ2) is 2.66. The third-order valence-corrected chi connectivity index (χ3v) is 2.32. The number of nitrogen functional groups attached to an aromatic ring is 1. The van der Waals surface area contributed by atoms with Crippen LogP contribution < -0.4 is 11.2 Å². The van der Waals surface area contributed by atoms with Gasteiger partial charge in [0.15, 0.2) is 0 Å². The van der Waals surface area contributed by atoms with Gasteiger partial charge in [-0.25, -0.2) is 0 Å². The van der Waals surface area contributed by atoms with E-state index in [9.17, 15) is 5.02 Å². The van der Waals surface area contributed by atoms with Crippen LogP contribution in [0.15, 0.2) is 12.1 Å². The molecule has 0 spiro atoms. The standard InChI is InChI=1S/C7H7BClNO2/c9-6-2-1-5-4(7(6)10)3-12-8(5)11/h1-2,11H,3,10H2. The molecule has 1 aromatic carbocycles. The summed E-state index contributed by atoms with van der Waals surface area (Å²) in [7, 11) is -0.848. The van der Waals surface area contributed by atoms with Crippen molar-refractivity contribution in [2.75, 3.05) is 5.73 Å². The van der Waals surface area contributed by atoms with E-state index in [2.05, 4.69) is 0 Å². The van der Waals surface area contributed by atoms with Crippen LogP contribution in [0.3, 0.4) is 0 Å². The Labute approximate surface area is 75.2 Å². The van der Waals surface area contributed by atoms with Crippen molar-refractivity contribution in [1.29, 1.82) is 0 Å². The van der Waals surface area contributed by atoms with Gasteiger partial charge in [-0.1, -0.05) is 17.7 Å². The molecule has 0 aromatic heterocycles. The molecule has 0 fully saturated rings. The van der Waals surface area contributed by atoms with Crippen LogP contribution in [-0.2, 0) is 11.3 Å². The first kappa shape index (κ1) is 7.92. The van der Waals surface area contributed by atoms with E-state index in [0.717, 1.165) is 11.0 Å². The summed E-state index contributed by atoms with van der Waals surface area (Å²) in [6.45, 7) is 0.336. The van der Waals surface area contributed by atoms with Crippen molar-refractivity contribution in [2.24, 2.45) is 0 Å². The predicted molar refractivity (Wildman–Crippen MR) is 48.3 cm³/mol. The molecule has 0 unspecified atom stereocenters. The van der Waals surface area contributed by atoms with Crippen molar-refractivity contribution in [2.45, 2.75) is 6.61 Å². The van der Waals surface area contributed by atoms with Crippen LogP contribution in [0.2, 0.25) is 5.02 Å². The van der Waals surface area contributed by atoms with Gasteiger partial charge in [-0.05, 0) is 11.5 Å². The van der Waals surface area contributed by atoms with E-state index in [4.69, 9.17) is 22.0 Å². The normalized spacial score (nSPS) is 15.0. The zero-order chi connectivity index (χ0) is 8.72. The van der Waals surface area contributed by atoms with Crippen LogP contribution in [-0.4, -0.2) is 12.1 Å². The predicted octanol–water partition coefficient (Wildman–Crippen LogP) is 0.140. The third-order valence-electron chi connectivity index (χ3n) is 1.99. The Hall–Kier alpha value is -0.705.